The molecule has 0 aliphatic heterocycles. The number of ether oxygens (including phenoxy) is 2. The van der Waals surface area contributed by atoms with Crippen LogP contribution in [0.2, 0.25) is 10.0 Å². The van der Waals surface area contributed by atoms with Crippen LogP contribution in [-0.4, -0.2) is 37.9 Å². The first-order valence-electron chi connectivity index (χ1n) is 7.65. The van der Waals surface area contributed by atoms with Crippen molar-refractivity contribution >= 4 is 46.8 Å². The van der Waals surface area contributed by atoms with Gasteiger partial charge in [0, 0.05) is 27.2 Å². The van der Waals surface area contributed by atoms with Crippen LogP contribution in [0.4, 0.5) is 0 Å². The number of hydrogen-bond acceptors (Lipinski definition) is 5. The minimum absolute atomic E-state index is 0.172. The predicted octanol–water partition coefficient (Wildman–Crippen LogP) is 4.07. The van der Waals surface area contributed by atoms with Gasteiger partial charge in [-0.1, -0.05) is 23.2 Å². The number of rotatable bonds is 8. The lowest BCUT2D eigenvalue weighted by molar-refractivity contribution is -0.124. The Labute approximate surface area is 166 Å². The molecule has 138 valence electrons. The van der Waals surface area contributed by atoms with E-state index in [-0.39, 0.29) is 18.1 Å². The molecule has 2 aromatic rings. The summed E-state index contributed by atoms with van der Waals surface area (Å²) in [6.07, 6.45) is 0. The highest BCUT2D eigenvalue weighted by molar-refractivity contribution is 7.99. The van der Waals surface area contributed by atoms with Crippen molar-refractivity contribution in [3.8, 4) is 5.75 Å². The van der Waals surface area contributed by atoms with Gasteiger partial charge in [-0.05, 0) is 42.5 Å². The number of hydrogen-bond donors (Lipinski definition) is 1. The fourth-order valence-corrected chi connectivity index (χ4v) is 3.06. The first-order valence-corrected chi connectivity index (χ1v) is 9.39. The minimum atomic E-state index is -0.671. The number of nitrogens with one attached hydrogen (secondary N) is 1. The molecule has 1 N–H and O–H groups in total. The van der Waals surface area contributed by atoms with Crippen molar-refractivity contribution < 1.29 is 19.1 Å². The van der Waals surface area contributed by atoms with Gasteiger partial charge in [0.2, 0.25) is 0 Å². The van der Waals surface area contributed by atoms with E-state index >= 15 is 0 Å². The van der Waals surface area contributed by atoms with Gasteiger partial charge in [-0.2, -0.15) is 0 Å². The topological polar surface area (TPSA) is 64.6 Å². The molecule has 0 aliphatic rings. The Kier molecular flexibility index (Phi) is 8.09. The van der Waals surface area contributed by atoms with E-state index in [9.17, 15) is 9.59 Å². The maximum absolute atomic E-state index is 12.1. The Balaban J connectivity index is 1.72. The summed E-state index contributed by atoms with van der Waals surface area (Å²) in [4.78, 5) is 24.9. The molecule has 0 saturated carbocycles. The highest BCUT2D eigenvalue weighted by Gasteiger charge is 2.15. The van der Waals surface area contributed by atoms with E-state index in [1.807, 2.05) is 24.3 Å². The smallest absolute Gasteiger partial charge is 0.342 e. The lowest BCUT2D eigenvalue weighted by Crippen LogP contribution is -2.30. The molecule has 2 rings (SSSR count). The molecule has 0 aromatic heterocycles. The molecule has 0 fully saturated rings. The van der Waals surface area contributed by atoms with Gasteiger partial charge in [0.1, 0.15) is 11.3 Å². The molecular weight excluding hydrogens is 397 g/mol. The first-order chi connectivity index (χ1) is 12.5. The van der Waals surface area contributed by atoms with Gasteiger partial charge in [0.25, 0.3) is 5.91 Å². The minimum Gasteiger partial charge on any atom is -0.496 e. The summed E-state index contributed by atoms with van der Waals surface area (Å²) in [6, 6.07) is 12.0. The third-order valence-corrected chi connectivity index (χ3v) is 4.72. The number of amides is 1. The number of carbonyl (C=O) groups excluding carboxylic acids is 2. The average Bonchev–Trinajstić information content (AvgIpc) is 2.64. The number of halogens is 2. The summed E-state index contributed by atoms with van der Waals surface area (Å²) in [5, 5.41) is 3.75. The largest absolute Gasteiger partial charge is 0.496 e. The molecule has 8 heteroatoms. The van der Waals surface area contributed by atoms with Gasteiger partial charge in [-0.25, -0.2) is 4.79 Å². The Hall–Kier alpha value is -1.89. The summed E-state index contributed by atoms with van der Waals surface area (Å²) < 4.78 is 10.1. The average molecular weight is 414 g/mol. The first kappa shape index (κ1) is 20.4. The lowest BCUT2D eigenvalue weighted by Gasteiger charge is -2.09. The van der Waals surface area contributed by atoms with Crippen LogP contribution in [0.1, 0.15) is 10.4 Å². The number of thioether (sulfide) groups is 1. The van der Waals surface area contributed by atoms with E-state index < -0.39 is 5.97 Å². The van der Waals surface area contributed by atoms with Crippen molar-refractivity contribution in [3.05, 3.63) is 58.1 Å². The molecule has 0 heterocycles. The Morgan fingerprint density at radius 3 is 2.46 bits per heavy atom. The summed E-state index contributed by atoms with van der Waals surface area (Å²) in [6.45, 7) is 0.0737. The predicted molar refractivity (Wildman–Crippen MR) is 103 cm³/mol. The van der Waals surface area contributed by atoms with Gasteiger partial charge in [0.15, 0.2) is 6.61 Å². The fourth-order valence-electron chi connectivity index (χ4n) is 1.99. The van der Waals surface area contributed by atoms with Crippen LogP contribution in [0.25, 0.3) is 0 Å². The van der Waals surface area contributed by atoms with Gasteiger partial charge < -0.3 is 14.8 Å². The van der Waals surface area contributed by atoms with E-state index in [4.69, 9.17) is 32.7 Å². The van der Waals surface area contributed by atoms with Crippen LogP contribution < -0.4 is 10.1 Å². The molecule has 0 unspecified atom stereocenters. The van der Waals surface area contributed by atoms with Gasteiger partial charge >= 0.3 is 5.97 Å². The summed E-state index contributed by atoms with van der Waals surface area (Å²) in [7, 11) is 1.44. The molecule has 0 spiro atoms. The van der Waals surface area contributed by atoms with Crippen LogP contribution in [0.5, 0.6) is 5.75 Å². The van der Waals surface area contributed by atoms with Crippen molar-refractivity contribution in [1.82, 2.24) is 5.32 Å². The van der Waals surface area contributed by atoms with Crippen molar-refractivity contribution in [1.29, 1.82) is 0 Å². The molecule has 26 heavy (non-hydrogen) atoms. The maximum atomic E-state index is 12.1. The third kappa shape index (κ3) is 6.44. The van der Waals surface area contributed by atoms with Crippen LogP contribution >= 0.6 is 35.0 Å². The van der Waals surface area contributed by atoms with Crippen LogP contribution in [0, 0.1) is 0 Å². The molecule has 1 amide bonds. The van der Waals surface area contributed by atoms with E-state index in [0.717, 1.165) is 4.90 Å². The van der Waals surface area contributed by atoms with Gasteiger partial charge in [-0.15, -0.1) is 11.8 Å². The highest BCUT2D eigenvalue weighted by Crippen LogP contribution is 2.23. The summed E-state index contributed by atoms with van der Waals surface area (Å²) in [5.74, 6) is -0.0334. The Bertz CT molecular complexity index is 768. The molecular formula is C18H17Cl2NO4S. The van der Waals surface area contributed by atoms with Crippen molar-refractivity contribution in [2.24, 2.45) is 0 Å². The third-order valence-electron chi connectivity index (χ3n) is 3.22. The fraction of sp³-hybridized carbons (Fsp3) is 0.222. The maximum Gasteiger partial charge on any atom is 0.342 e. The highest BCUT2D eigenvalue weighted by atomic mass is 35.5. The van der Waals surface area contributed by atoms with Crippen molar-refractivity contribution in [3.63, 3.8) is 0 Å². The lowest BCUT2D eigenvalue weighted by atomic mass is 10.2. The van der Waals surface area contributed by atoms with E-state index in [2.05, 4.69) is 5.32 Å². The zero-order valence-electron chi connectivity index (χ0n) is 14.0. The molecule has 5 nitrogen and oxygen atoms in total. The van der Waals surface area contributed by atoms with Crippen LogP contribution in [0.3, 0.4) is 0 Å². The van der Waals surface area contributed by atoms with E-state index in [1.54, 1.807) is 23.9 Å². The van der Waals surface area contributed by atoms with Gasteiger partial charge in [0.05, 0.1) is 7.11 Å². The molecule has 0 saturated heterocycles. The van der Waals surface area contributed by atoms with E-state index in [1.165, 1.54) is 13.2 Å². The van der Waals surface area contributed by atoms with E-state index in [0.29, 0.717) is 28.1 Å². The van der Waals surface area contributed by atoms with Crippen LogP contribution in [0.15, 0.2) is 47.4 Å². The van der Waals surface area contributed by atoms with Crippen molar-refractivity contribution in [2.45, 2.75) is 4.90 Å². The normalized spacial score (nSPS) is 10.3. The molecule has 0 radical (unpaired) electrons. The second kappa shape index (κ2) is 10.3. The summed E-state index contributed by atoms with van der Waals surface area (Å²) in [5.41, 5.74) is 0.172. The van der Waals surface area contributed by atoms with Crippen molar-refractivity contribution in [2.75, 3.05) is 26.0 Å². The molecule has 0 atom stereocenters. The van der Waals surface area contributed by atoms with Crippen LogP contribution in [-0.2, 0) is 9.53 Å². The number of benzene rings is 2. The summed E-state index contributed by atoms with van der Waals surface area (Å²) >= 11 is 13.3. The molecule has 0 bridgehead atoms. The standard InChI is InChI=1S/C18H17Cl2NO4S/c1-24-16-7-4-13(20)10-15(16)18(23)25-11-17(22)21-8-9-26-14-5-2-12(19)3-6-14/h2-7,10H,8-9,11H2,1H3,(H,21,22). The Morgan fingerprint density at radius 2 is 1.77 bits per heavy atom. The monoisotopic (exact) mass is 413 g/mol. The second-order valence-corrected chi connectivity index (χ2v) is 7.11. The molecule has 2 aromatic carbocycles. The molecule has 0 aliphatic carbocycles. The van der Waals surface area contributed by atoms with Gasteiger partial charge in [-0.3, -0.25) is 4.79 Å². The Morgan fingerprint density at radius 1 is 1.08 bits per heavy atom. The zero-order chi connectivity index (χ0) is 18.9. The number of esters is 1. The second-order valence-electron chi connectivity index (χ2n) is 5.07. The SMILES string of the molecule is COc1ccc(Cl)cc1C(=O)OCC(=O)NCCSc1ccc(Cl)cc1. The number of methoxy groups -OCH3 is 1. The zero-order valence-corrected chi connectivity index (χ0v) is 16.3. The number of carbonyl (C=O) groups is 2. The quantitative estimate of drug-likeness (QED) is 0.401.